The van der Waals surface area contributed by atoms with E-state index >= 15 is 0 Å². The zero-order valence-electron chi connectivity index (χ0n) is 11.3. The van der Waals surface area contributed by atoms with Crippen LogP contribution in [-0.4, -0.2) is 22.4 Å². The van der Waals surface area contributed by atoms with Gasteiger partial charge in [-0.1, -0.05) is 36.5 Å². The molecule has 2 rings (SSSR count). The maximum absolute atomic E-state index is 11.7. The van der Waals surface area contributed by atoms with Gasteiger partial charge in [0.15, 0.2) is 0 Å². The first kappa shape index (κ1) is 14.4. The Morgan fingerprint density at radius 1 is 1.40 bits per heavy atom. The van der Waals surface area contributed by atoms with Crippen LogP contribution in [0.1, 0.15) is 12.5 Å². The number of fused-ring (bicyclic) bond motifs is 1. The Morgan fingerprint density at radius 3 is 2.90 bits per heavy atom. The first-order valence-corrected chi connectivity index (χ1v) is 6.90. The number of benzene rings is 1. The lowest BCUT2D eigenvalue weighted by Gasteiger charge is -2.11. The lowest BCUT2D eigenvalue weighted by atomic mass is 10.1. The molecule has 0 aliphatic rings. The van der Waals surface area contributed by atoms with Crippen LogP contribution >= 0.6 is 12.2 Å². The van der Waals surface area contributed by atoms with Crippen molar-refractivity contribution in [1.82, 2.24) is 10.3 Å². The fourth-order valence-electron chi connectivity index (χ4n) is 1.97. The molecule has 0 aliphatic heterocycles. The Hall–Kier alpha value is -2.01. The van der Waals surface area contributed by atoms with Gasteiger partial charge in [-0.2, -0.15) is 0 Å². The molecule has 0 aliphatic carbocycles. The molecule has 4 nitrogen and oxygen atoms in total. The summed E-state index contributed by atoms with van der Waals surface area (Å²) in [6, 6.07) is 9.99. The van der Waals surface area contributed by atoms with Crippen molar-refractivity contribution in [3.63, 3.8) is 0 Å². The maximum atomic E-state index is 11.7. The van der Waals surface area contributed by atoms with E-state index in [2.05, 4.69) is 10.3 Å². The first-order chi connectivity index (χ1) is 9.59. The standard InChI is InChI=1S/C15H17N3OS/c1-10(14(16)20)15(19)18-9-7-12-5-2-4-11-6-3-8-17-13(11)12/h2-6,8,10H,7,9H2,1H3,(H2,16,20)(H,18,19). The van der Waals surface area contributed by atoms with Crippen LogP contribution in [0.2, 0.25) is 0 Å². The van der Waals surface area contributed by atoms with Crippen LogP contribution in [-0.2, 0) is 11.2 Å². The van der Waals surface area contributed by atoms with Gasteiger partial charge in [0.2, 0.25) is 5.91 Å². The van der Waals surface area contributed by atoms with Crippen LogP contribution in [0.3, 0.4) is 0 Å². The second kappa shape index (κ2) is 6.43. The minimum absolute atomic E-state index is 0.134. The second-order valence-electron chi connectivity index (χ2n) is 4.66. The van der Waals surface area contributed by atoms with Crippen molar-refractivity contribution in [2.24, 2.45) is 11.7 Å². The van der Waals surface area contributed by atoms with Crippen LogP contribution in [0, 0.1) is 5.92 Å². The van der Waals surface area contributed by atoms with Crippen molar-refractivity contribution in [3.8, 4) is 0 Å². The van der Waals surface area contributed by atoms with E-state index in [0.29, 0.717) is 6.54 Å². The number of nitrogens with two attached hydrogens (primary N) is 1. The van der Waals surface area contributed by atoms with E-state index in [0.717, 1.165) is 22.9 Å². The molecular formula is C15H17N3OS. The molecule has 3 N–H and O–H groups in total. The fourth-order valence-corrected chi connectivity index (χ4v) is 2.08. The normalized spacial score (nSPS) is 12.1. The van der Waals surface area contributed by atoms with E-state index in [4.69, 9.17) is 18.0 Å². The van der Waals surface area contributed by atoms with Gasteiger partial charge in [0, 0.05) is 18.1 Å². The number of hydrogen-bond acceptors (Lipinski definition) is 3. The lowest BCUT2D eigenvalue weighted by Crippen LogP contribution is -2.37. The minimum atomic E-state index is -0.435. The average molecular weight is 287 g/mol. The van der Waals surface area contributed by atoms with Crippen molar-refractivity contribution < 1.29 is 4.79 Å². The molecule has 1 unspecified atom stereocenters. The van der Waals surface area contributed by atoms with Gasteiger partial charge in [-0.05, 0) is 25.0 Å². The summed E-state index contributed by atoms with van der Waals surface area (Å²) in [4.78, 5) is 16.3. The quantitative estimate of drug-likeness (QED) is 0.823. The second-order valence-corrected chi connectivity index (χ2v) is 5.13. The third-order valence-corrected chi connectivity index (χ3v) is 3.58. The van der Waals surface area contributed by atoms with Crippen LogP contribution in [0.25, 0.3) is 10.9 Å². The average Bonchev–Trinajstić information content (AvgIpc) is 2.46. The van der Waals surface area contributed by atoms with E-state index in [1.807, 2.05) is 30.3 Å². The Bertz CT molecular complexity index is 637. The van der Waals surface area contributed by atoms with E-state index in [9.17, 15) is 4.79 Å². The van der Waals surface area contributed by atoms with E-state index in [-0.39, 0.29) is 10.9 Å². The Kier molecular flexibility index (Phi) is 4.63. The molecule has 1 amide bonds. The highest BCUT2D eigenvalue weighted by molar-refractivity contribution is 7.80. The number of thiocarbonyl (C=S) groups is 1. The third-order valence-electron chi connectivity index (χ3n) is 3.23. The monoisotopic (exact) mass is 287 g/mol. The van der Waals surface area contributed by atoms with Gasteiger partial charge in [0.25, 0.3) is 0 Å². The SMILES string of the molecule is CC(C(=O)NCCc1cccc2cccnc12)C(N)=S. The van der Waals surface area contributed by atoms with Gasteiger partial charge < -0.3 is 11.1 Å². The smallest absolute Gasteiger partial charge is 0.229 e. The zero-order valence-corrected chi connectivity index (χ0v) is 12.1. The number of amides is 1. The number of carbonyl (C=O) groups is 1. The van der Waals surface area contributed by atoms with Crippen LogP contribution in [0.4, 0.5) is 0 Å². The summed E-state index contributed by atoms with van der Waals surface area (Å²) in [5, 5.41) is 3.95. The fraction of sp³-hybridized carbons (Fsp3) is 0.267. The minimum Gasteiger partial charge on any atom is -0.393 e. The number of aromatic nitrogens is 1. The van der Waals surface area contributed by atoms with Crippen LogP contribution in [0.5, 0.6) is 0 Å². The number of rotatable bonds is 5. The molecule has 1 heterocycles. The molecule has 0 radical (unpaired) electrons. The number of para-hydroxylation sites is 1. The Labute approximate surface area is 123 Å². The van der Waals surface area contributed by atoms with Gasteiger partial charge >= 0.3 is 0 Å². The molecule has 0 bridgehead atoms. The molecule has 5 heteroatoms. The highest BCUT2D eigenvalue weighted by Gasteiger charge is 2.14. The molecule has 0 spiro atoms. The van der Waals surface area contributed by atoms with Crippen molar-refractivity contribution in [1.29, 1.82) is 0 Å². The summed E-state index contributed by atoms with van der Waals surface area (Å²) in [6.45, 7) is 2.25. The highest BCUT2D eigenvalue weighted by Crippen LogP contribution is 2.15. The molecule has 0 saturated carbocycles. The number of nitrogens with zero attached hydrogens (tertiary/aromatic N) is 1. The summed E-state index contributed by atoms with van der Waals surface area (Å²) >= 11 is 4.81. The topological polar surface area (TPSA) is 68.0 Å². The van der Waals surface area contributed by atoms with Crippen molar-refractivity contribution in [2.75, 3.05) is 6.54 Å². The number of pyridine rings is 1. The number of hydrogen-bond donors (Lipinski definition) is 2. The van der Waals surface area contributed by atoms with Gasteiger partial charge in [-0.3, -0.25) is 9.78 Å². The predicted molar refractivity (Wildman–Crippen MR) is 84.4 cm³/mol. The third kappa shape index (κ3) is 3.30. The Morgan fingerprint density at radius 2 is 2.15 bits per heavy atom. The molecule has 1 atom stereocenters. The van der Waals surface area contributed by atoms with Gasteiger partial charge in [-0.15, -0.1) is 0 Å². The summed E-state index contributed by atoms with van der Waals surface area (Å²) in [5.74, 6) is -0.568. The summed E-state index contributed by atoms with van der Waals surface area (Å²) in [6.07, 6.45) is 2.50. The van der Waals surface area contributed by atoms with Crippen LogP contribution < -0.4 is 11.1 Å². The van der Waals surface area contributed by atoms with Crippen molar-refractivity contribution >= 4 is 34.0 Å². The van der Waals surface area contributed by atoms with Crippen molar-refractivity contribution in [3.05, 3.63) is 42.1 Å². The zero-order chi connectivity index (χ0) is 14.5. The Balaban J connectivity index is 2.00. The summed E-state index contributed by atoms with van der Waals surface area (Å²) in [5.41, 5.74) is 7.55. The molecule has 0 fully saturated rings. The van der Waals surface area contributed by atoms with Gasteiger partial charge in [-0.25, -0.2) is 0 Å². The van der Waals surface area contributed by atoms with Gasteiger partial charge in [0.1, 0.15) is 0 Å². The van der Waals surface area contributed by atoms with Crippen molar-refractivity contribution in [2.45, 2.75) is 13.3 Å². The summed E-state index contributed by atoms with van der Waals surface area (Å²) < 4.78 is 0. The molecule has 104 valence electrons. The molecular weight excluding hydrogens is 270 g/mol. The van der Waals surface area contributed by atoms with E-state index in [1.165, 1.54) is 0 Å². The molecule has 1 aromatic carbocycles. The highest BCUT2D eigenvalue weighted by atomic mass is 32.1. The molecule has 20 heavy (non-hydrogen) atoms. The largest absolute Gasteiger partial charge is 0.393 e. The first-order valence-electron chi connectivity index (χ1n) is 6.49. The molecule has 1 aromatic heterocycles. The van der Waals surface area contributed by atoms with E-state index in [1.54, 1.807) is 13.1 Å². The van der Waals surface area contributed by atoms with Gasteiger partial charge in [0.05, 0.1) is 16.4 Å². The number of carbonyl (C=O) groups excluding carboxylic acids is 1. The number of nitrogens with one attached hydrogen (secondary N) is 1. The molecule has 0 saturated heterocycles. The molecule has 2 aromatic rings. The van der Waals surface area contributed by atoms with E-state index < -0.39 is 5.92 Å². The van der Waals surface area contributed by atoms with Crippen LogP contribution in [0.15, 0.2) is 36.5 Å². The lowest BCUT2D eigenvalue weighted by molar-refractivity contribution is -0.122. The predicted octanol–water partition coefficient (Wildman–Crippen LogP) is 1.82. The maximum Gasteiger partial charge on any atom is 0.229 e. The summed E-state index contributed by atoms with van der Waals surface area (Å²) in [7, 11) is 0.